The molecule has 2 heterocycles. The highest BCUT2D eigenvalue weighted by atomic mass is 35.5. The molecule has 3 aromatic carbocycles. The fourth-order valence-corrected chi connectivity index (χ4v) is 3.90. The summed E-state index contributed by atoms with van der Waals surface area (Å²) >= 11 is 5.91. The molecule has 0 spiro atoms. The van der Waals surface area contributed by atoms with Gasteiger partial charge in [0.15, 0.2) is 0 Å². The predicted molar refractivity (Wildman–Crippen MR) is 131 cm³/mol. The van der Waals surface area contributed by atoms with Gasteiger partial charge in [-0.15, -0.1) is 0 Å². The molecular weight excluding hydrogens is 418 g/mol. The van der Waals surface area contributed by atoms with Crippen LogP contribution in [0.15, 0.2) is 91.0 Å². The van der Waals surface area contributed by atoms with E-state index in [4.69, 9.17) is 16.6 Å². The molecule has 2 aromatic heterocycles. The van der Waals surface area contributed by atoms with Crippen molar-refractivity contribution in [2.24, 2.45) is 0 Å². The van der Waals surface area contributed by atoms with Crippen LogP contribution in [0.3, 0.4) is 0 Å². The van der Waals surface area contributed by atoms with E-state index in [0.717, 1.165) is 44.3 Å². The Balaban J connectivity index is 1.45. The molecule has 0 aliphatic heterocycles. The van der Waals surface area contributed by atoms with Crippen LogP contribution in [0.4, 0.5) is 0 Å². The number of hydrogen-bond acceptors (Lipinski definition) is 2. The Labute approximate surface area is 190 Å². The van der Waals surface area contributed by atoms with E-state index in [2.05, 4.69) is 22.4 Å². The third-order valence-corrected chi connectivity index (χ3v) is 5.59. The van der Waals surface area contributed by atoms with Crippen molar-refractivity contribution in [1.82, 2.24) is 15.3 Å². The molecule has 0 bridgehead atoms. The van der Waals surface area contributed by atoms with Crippen LogP contribution in [0.5, 0.6) is 0 Å². The van der Waals surface area contributed by atoms with Crippen molar-refractivity contribution in [3.8, 4) is 11.3 Å². The number of aromatic amines is 1. The number of nitrogens with one attached hydrogen (secondary N) is 2. The molecule has 0 saturated carbocycles. The lowest BCUT2D eigenvalue weighted by molar-refractivity contribution is -0.116. The molecule has 156 valence electrons. The maximum absolute atomic E-state index is 12.4. The van der Waals surface area contributed by atoms with Crippen LogP contribution in [0.1, 0.15) is 11.3 Å². The van der Waals surface area contributed by atoms with Crippen LogP contribution in [-0.4, -0.2) is 15.9 Å². The largest absolute Gasteiger partial charge is 0.353 e. The van der Waals surface area contributed by atoms with Crippen molar-refractivity contribution in [3.63, 3.8) is 0 Å². The standard InChI is InChI=1S/C27H20ClN3O/c28-20-13-10-18(11-14-20)12-15-25(32)29-17-21-16-23-22-8-4-5-9-24(22)31-27(23)26(30-21)19-6-2-1-3-7-19/h1-16,31H,17H2,(H,29,32)/b15-12+. The summed E-state index contributed by atoms with van der Waals surface area (Å²) in [4.78, 5) is 20.8. The third-order valence-electron chi connectivity index (χ3n) is 5.34. The van der Waals surface area contributed by atoms with E-state index in [1.54, 1.807) is 18.2 Å². The summed E-state index contributed by atoms with van der Waals surface area (Å²) in [5, 5.41) is 5.84. The highest BCUT2D eigenvalue weighted by molar-refractivity contribution is 6.30. The Morgan fingerprint density at radius 3 is 2.50 bits per heavy atom. The highest BCUT2D eigenvalue weighted by Crippen LogP contribution is 2.32. The second-order valence-corrected chi connectivity index (χ2v) is 7.96. The minimum atomic E-state index is -0.179. The second kappa shape index (κ2) is 8.69. The van der Waals surface area contributed by atoms with Crippen molar-refractivity contribution in [3.05, 3.63) is 107 Å². The van der Waals surface area contributed by atoms with E-state index < -0.39 is 0 Å². The Bertz CT molecular complexity index is 1440. The molecule has 0 aliphatic carbocycles. The number of H-pyrrole nitrogens is 1. The van der Waals surface area contributed by atoms with Gasteiger partial charge in [-0.1, -0.05) is 72.3 Å². The molecule has 5 aromatic rings. The molecule has 1 amide bonds. The summed E-state index contributed by atoms with van der Waals surface area (Å²) in [6, 6.07) is 27.7. The topological polar surface area (TPSA) is 57.8 Å². The average molecular weight is 438 g/mol. The van der Waals surface area contributed by atoms with Gasteiger partial charge in [-0.3, -0.25) is 4.79 Å². The number of pyridine rings is 1. The molecule has 0 unspecified atom stereocenters. The van der Waals surface area contributed by atoms with Crippen LogP contribution >= 0.6 is 11.6 Å². The van der Waals surface area contributed by atoms with Gasteiger partial charge in [0.1, 0.15) is 0 Å². The van der Waals surface area contributed by atoms with Crippen LogP contribution < -0.4 is 5.32 Å². The van der Waals surface area contributed by atoms with Crippen LogP contribution in [0.2, 0.25) is 5.02 Å². The maximum atomic E-state index is 12.4. The van der Waals surface area contributed by atoms with E-state index in [9.17, 15) is 4.79 Å². The molecule has 2 N–H and O–H groups in total. The van der Waals surface area contributed by atoms with Gasteiger partial charge in [0.05, 0.1) is 23.4 Å². The fraction of sp³-hybridized carbons (Fsp3) is 0.0370. The number of fused-ring (bicyclic) bond motifs is 3. The van der Waals surface area contributed by atoms with Crippen LogP contribution in [0.25, 0.3) is 39.1 Å². The van der Waals surface area contributed by atoms with E-state index >= 15 is 0 Å². The SMILES string of the molecule is O=C(/C=C/c1ccc(Cl)cc1)NCc1cc2c([nH]c3ccccc32)c(-c2ccccc2)n1. The van der Waals surface area contributed by atoms with Gasteiger partial charge in [0.2, 0.25) is 5.91 Å². The summed E-state index contributed by atoms with van der Waals surface area (Å²) < 4.78 is 0. The molecule has 0 saturated heterocycles. The molecule has 5 heteroatoms. The number of nitrogens with zero attached hydrogens (tertiary/aromatic N) is 1. The van der Waals surface area contributed by atoms with Crippen molar-refractivity contribution in [2.75, 3.05) is 0 Å². The smallest absolute Gasteiger partial charge is 0.244 e. The summed E-state index contributed by atoms with van der Waals surface area (Å²) in [6.45, 7) is 0.332. The lowest BCUT2D eigenvalue weighted by Gasteiger charge is -2.08. The number of para-hydroxylation sites is 1. The number of carbonyl (C=O) groups is 1. The van der Waals surface area contributed by atoms with Gasteiger partial charge in [0, 0.05) is 33.0 Å². The number of carbonyl (C=O) groups excluding carboxylic acids is 1. The zero-order valence-corrected chi connectivity index (χ0v) is 17.9. The summed E-state index contributed by atoms with van der Waals surface area (Å²) in [5.74, 6) is -0.179. The Morgan fingerprint density at radius 2 is 1.69 bits per heavy atom. The summed E-state index contributed by atoms with van der Waals surface area (Å²) in [6.07, 6.45) is 3.28. The second-order valence-electron chi connectivity index (χ2n) is 7.52. The van der Waals surface area contributed by atoms with E-state index in [1.807, 2.05) is 60.7 Å². The van der Waals surface area contributed by atoms with Gasteiger partial charge < -0.3 is 10.3 Å². The van der Waals surface area contributed by atoms with Gasteiger partial charge in [-0.25, -0.2) is 4.98 Å². The maximum Gasteiger partial charge on any atom is 0.244 e. The van der Waals surface area contributed by atoms with Gasteiger partial charge >= 0.3 is 0 Å². The minimum absolute atomic E-state index is 0.179. The number of rotatable bonds is 5. The van der Waals surface area contributed by atoms with E-state index in [-0.39, 0.29) is 5.91 Å². The predicted octanol–water partition coefficient (Wildman–Crippen LogP) is 6.37. The molecule has 4 nitrogen and oxygen atoms in total. The number of halogens is 1. The molecule has 5 rings (SSSR count). The Kier molecular flexibility index (Phi) is 5.44. The first-order valence-electron chi connectivity index (χ1n) is 10.3. The first-order chi connectivity index (χ1) is 15.7. The van der Waals surface area contributed by atoms with Crippen LogP contribution in [0, 0.1) is 0 Å². The fourth-order valence-electron chi connectivity index (χ4n) is 3.78. The zero-order valence-electron chi connectivity index (χ0n) is 17.2. The normalized spacial score (nSPS) is 11.4. The molecule has 32 heavy (non-hydrogen) atoms. The number of benzene rings is 3. The summed E-state index contributed by atoms with van der Waals surface area (Å²) in [5.41, 5.74) is 5.67. The quantitative estimate of drug-likeness (QED) is 0.314. The van der Waals surface area contributed by atoms with Crippen LogP contribution in [-0.2, 0) is 11.3 Å². The molecule has 0 aliphatic rings. The number of aromatic nitrogens is 2. The van der Waals surface area contributed by atoms with E-state index in [0.29, 0.717) is 11.6 Å². The monoisotopic (exact) mass is 437 g/mol. The zero-order chi connectivity index (χ0) is 21.9. The Hall–Kier alpha value is -3.89. The summed E-state index contributed by atoms with van der Waals surface area (Å²) in [7, 11) is 0. The first-order valence-corrected chi connectivity index (χ1v) is 10.7. The van der Waals surface area contributed by atoms with Crippen molar-refractivity contribution in [1.29, 1.82) is 0 Å². The average Bonchev–Trinajstić information content (AvgIpc) is 3.21. The molecule has 0 fully saturated rings. The molecular formula is C27H20ClN3O. The lowest BCUT2D eigenvalue weighted by atomic mass is 10.1. The number of amides is 1. The van der Waals surface area contributed by atoms with E-state index in [1.165, 1.54) is 6.08 Å². The highest BCUT2D eigenvalue weighted by Gasteiger charge is 2.13. The minimum Gasteiger partial charge on any atom is -0.353 e. The van der Waals surface area contributed by atoms with Crippen molar-refractivity contribution >= 4 is 45.4 Å². The van der Waals surface area contributed by atoms with Gasteiger partial charge in [-0.05, 0) is 35.9 Å². The molecule has 0 atom stereocenters. The number of hydrogen-bond donors (Lipinski definition) is 2. The Morgan fingerprint density at radius 1 is 0.938 bits per heavy atom. The molecule has 0 radical (unpaired) electrons. The van der Waals surface area contributed by atoms with Crippen molar-refractivity contribution in [2.45, 2.75) is 6.54 Å². The lowest BCUT2D eigenvalue weighted by Crippen LogP contribution is -2.21. The van der Waals surface area contributed by atoms with Gasteiger partial charge in [-0.2, -0.15) is 0 Å². The van der Waals surface area contributed by atoms with Gasteiger partial charge in [0.25, 0.3) is 0 Å². The van der Waals surface area contributed by atoms with Crippen molar-refractivity contribution < 1.29 is 4.79 Å². The first kappa shape index (κ1) is 20.0. The third kappa shape index (κ3) is 4.13.